The van der Waals surface area contributed by atoms with Crippen molar-refractivity contribution in [1.82, 2.24) is 5.32 Å². The SMILES string of the molecule is CC1CC2CC(C)CC(NC(=O)Nc3ccc(OC(C)(C)C(=O)O)cc3)(C1)C2. The Morgan fingerprint density at radius 3 is 2.18 bits per heavy atom. The third-order valence-electron chi connectivity index (χ3n) is 6.01. The molecule has 154 valence electrons. The molecule has 1 aromatic rings. The third-order valence-corrected chi connectivity index (χ3v) is 6.01. The maximum Gasteiger partial charge on any atom is 0.347 e. The van der Waals surface area contributed by atoms with Gasteiger partial charge in [-0.3, -0.25) is 0 Å². The first-order chi connectivity index (χ1) is 13.1. The third kappa shape index (κ3) is 4.78. The van der Waals surface area contributed by atoms with E-state index >= 15 is 0 Å². The van der Waals surface area contributed by atoms with Crippen molar-refractivity contribution in [2.45, 2.75) is 70.9 Å². The highest BCUT2D eigenvalue weighted by atomic mass is 16.5. The molecule has 3 N–H and O–H groups in total. The van der Waals surface area contributed by atoms with Crippen molar-refractivity contribution in [3.05, 3.63) is 24.3 Å². The molecule has 2 atom stereocenters. The van der Waals surface area contributed by atoms with Crippen LogP contribution < -0.4 is 15.4 Å². The first kappa shape index (κ1) is 20.5. The summed E-state index contributed by atoms with van der Waals surface area (Å²) in [5, 5.41) is 15.3. The van der Waals surface area contributed by atoms with Crippen LogP contribution in [0.4, 0.5) is 10.5 Å². The van der Waals surface area contributed by atoms with Crippen LogP contribution in [-0.4, -0.2) is 28.2 Å². The standard InChI is InChI=1S/C22H32N2O4/c1-14-9-16-10-15(2)12-22(11-14,13-16)24-20(27)23-17-5-7-18(8-6-17)28-21(3,4)19(25)26/h5-8,14-16H,9-13H2,1-4H3,(H,25,26)(H2,23,24,27). The van der Waals surface area contributed by atoms with Crippen molar-refractivity contribution in [3.63, 3.8) is 0 Å². The van der Waals surface area contributed by atoms with E-state index in [4.69, 9.17) is 9.84 Å². The smallest absolute Gasteiger partial charge is 0.347 e. The molecule has 0 heterocycles. The summed E-state index contributed by atoms with van der Waals surface area (Å²) >= 11 is 0. The number of fused-ring (bicyclic) bond motifs is 2. The number of aliphatic carboxylic acids is 1. The average molecular weight is 389 g/mol. The molecule has 2 bridgehead atoms. The van der Waals surface area contributed by atoms with Crippen molar-refractivity contribution >= 4 is 17.7 Å². The van der Waals surface area contributed by atoms with Gasteiger partial charge in [0.2, 0.25) is 0 Å². The Hall–Kier alpha value is -2.24. The van der Waals surface area contributed by atoms with Gasteiger partial charge in [-0.25, -0.2) is 9.59 Å². The van der Waals surface area contributed by atoms with Crippen LogP contribution in [0.25, 0.3) is 0 Å². The molecule has 0 spiro atoms. The molecule has 1 aromatic carbocycles. The van der Waals surface area contributed by atoms with Crippen molar-refractivity contribution in [2.75, 3.05) is 5.32 Å². The minimum atomic E-state index is -1.31. The van der Waals surface area contributed by atoms with Gasteiger partial charge in [0.05, 0.1) is 0 Å². The number of carbonyl (C=O) groups excluding carboxylic acids is 1. The minimum absolute atomic E-state index is 0.0986. The molecular formula is C22H32N2O4. The molecule has 2 fully saturated rings. The van der Waals surface area contributed by atoms with Gasteiger partial charge in [-0.1, -0.05) is 13.8 Å². The van der Waals surface area contributed by atoms with Crippen LogP contribution in [0, 0.1) is 17.8 Å². The molecule has 2 aliphatic rings. The Labute approximate surface area is 167 Å². The molecule has 2 saturated carbocycles. The largest absolute Gasteiger partial charge is 0.478 e. The second-order valence-corrected chi connectivity index (χ2v) is 9.46. The number of urea groups is 1. The van der Waals surface area contributed by atoms with Gasteiger partial charge in [-0.2, -0.15) is 0 Å². The van der Waals surface area contributed by atoms with Crippen molar-refractivity contribution in [1.29, 1.82) is 0 Å². The van der Waals surface area contributed by atoms with E-state index in [9.17, 15) is 9.59 Å². The highest BCUT2D eigenvalue weighted by Gasteiger charge is 2.45. The fourth-order valence-electron chi connectivity index (χ4n) is 5.21. The first-order valence-electron chi connectivity index (χ1n) is 10.2. The zero-order valence-electron chi connectivity index (χ0n) is 17.2. The van der Waals surface area contributed by atoms with E-state index in [-0.39, 0.29) is 11.6 Å². The summed E-state index contributed by atoms with van der Waals surface area (Å²) < 4.78 is 5.49. The number of nitrogens with one attached hydrogen (secondary N) is 2. The number of carboxylic acids is 1. The van der Waals surface area contributed by atoms with Crippen LogP contribution in [-0.2, 0) is 4.79 Å². The van der Waals surface area contributed by atoms with Gasteiger partial charge in [-0.15, -0.1) is 0 Å². The number of rotatable bonds is 5. The average Bonchev–Trinajstić information content (AvgIpc) is 2.54. The molecule has 0 aromatic heterocycles. The second kappa shape index (κ2) is 7.64. The molecule has 6 heteroatoms. The molecule has 0 aliphatic heterocycles. The van der Waals surface area contributed by atoms with Crippen LogP contribution in [0.15, 0.2) is 24.3 Å². The predicted molar refractivity (Wildman–Crippen MR) is 109 cm³/mol. The summed E-state index contributed by atoms with van der Waals surface area (Å²) in [5.74, 6) is 1.40. The topological polar surface area (TPSA) is 87.7 Å². The summed E-state index contributed by atoms with van der Waals surface area (Å²) in [7, 11) is 0. The number of anilines is 1. The maximum atomic E-state index is 12.7. The number of benzene rings is 1. The van der Waals surface area contributed by atoms with Crippen LogP contribution in [0.1, 0.15) is 59.8 Å². The molecule has 2 aliphatic carbocycles. The quantitative estimate of drug-likeness (QED) is 0.685. The van der Waals surface area contributed by atoms with E-state index in [1.54, 1.807) is 24.3 Å². The summed E-state index contributed by atoms with van der Waals surface area (Å²) in [6, 6.07) is 6.60. The molecule has 3 rings (SSSR count). The van der Waals surface area contributed by atoms with E-state index in [2.05, 4.69) is 24.5 Å². The van der Waals surface area contributed by atoms with Gasteiger partial charge in [0.25, 0.3) is 0 Å². The zero-order valence-corrected chi connectivity index (χ0v) is 17.2. The van der Waals surface area contributed by atoms with E-state index in [0.29, 0.717) is 29.2 Å². The van der Waals surface area contributed by atoms with Gasteiger partial charge in [0, 0.05) is 11.2 Å². The lowest BCUT2D eigenvalue weighted by Gasteiger charge is -2.50. The number of amides is 2. The Morgan fingerprint density at radius 1 is 1.07 bits per heavy atom. The van der Waals surface area contributed by atoms with E-state index in [1.165, 1.54) is 26.7 Å². The Morgan fingerprint density at radius 2 is 1.64 bits per heavy atom. The monoisotopic (exact) mass is 388 g/mol. The van der Waals surface area contributed by atoms with E-state index in [0.717, 1.165) is 19.3 Å². The van der Waals surface area contributed by atoms with Crippen LogP contribution in [0.2, 0.25) is 0 Å². The van der Waals surface area contributed by atoms with Crippen LogP contribution in [0.3, 0.4) is 0 Å². The number of ether oxygens (including phenoxy) is 1. The number of carboxylic acid groups (broad SMARTS) is 1. The minimum Gasteiger partial charge on any atom is -0.478 e. The zero-order chi connectivity index (χ0) is 20.5. The maximum absolute atomic E-state index is 12.7. The molecule has 6 nitrogen and oxygen atoms in total. The number of carbonyl (C=O) groups is 2. The molecular weight excluding hydrogens is 356 g/mol. The molecule has 2 unspecified atom stereocenters. The summed E-state index contributed by atoms with van der Waals surface area (Å²) in [5.41, 5.74) is -0.755. The van der Waals surface area contributed by atoms with Gasteiger partial charge in [0.15, 0.2) is 5.60 Å². The molecule has 28 heavy (non-hydrogen) atoms. The second-order valence-electron chi connectivity index (χ2n) is 9.46. The first-order valence-corrected chi connectivity index (χ1v) is 10.2. The summed E-state index contributed by atoms with van der Waals surface area (Å²) in [6.07, 6.45) is 5.69. The van der Waals surface area contributed by atoms with Crippen molar-refractivity contribution in [2.24, 2.45) is 17.8 Å². The van der Waals surface area contributed by atoms with Gasteiger partial charge < -0.3 is 20.5 Å². The van der Waals surface area contributed by atoms with Gasteiger partial charge in [-0.05, 0) is 88.0 Å². The molecule has 2 amide bonds. The summed E-state index contributed by atoms with van der Waals surface area (Å²) in [4.78, 5) is 23.8. The molecule has 0 saturated heterocycles. The van der Waals surface area contributed by atoms with Crippen LogP contribution in [0.5, 0.6) is 5.75 Å². The fourth-order valence-corrected chi connectivity index (χ4v) is 5.21. The fraction of sp³-hybridized carbons (Fsp3) is 0.636. The lowest BCUT2D eigenvalue weighted by molar-refractivity contribution is -0.152. The van der Waals surface area contributed by atoms with Gasteiger partial charge in [0.1, 0.15) is 5.75 Å². The van der Waals surface area contributed by atoms with E-state index < -0.39 is 11.6 Å². The predicted octanol–water partition coefficient (Wildman–Crippen LogP) is 4.66. The Balaban J connectivity index is 1.61. The summed E-state index contributed by atoms with van der Waals surface area (Å²) in [6.45, 7) is 7.57. The van der Waals surface area contributed by atoms with Crippen LogP contribution >= 0.6 is 0 Å². The lowest BCUT2D eigenvalue weighted by atomic mass is 9.61. The van der Waals surface area contributed by atoms with Gasteiger partial charge >= 0.3 is 12.0 Å². The van der Waals surface area contributed by atoms with Crippen molar-refractivity contribution in [3.8, 4) is 5.75 Å². The highest BCUT2D eigenvalue weighted by Crippen LogP contribution is 2.47. The lowest BCUT2D eigenvalue weighted by Crippen LogP contribution is -2.57. The number of hydrogen-bond acceptors (Lipinski definition) is 3. The highest BCUT2D eigenvalue weighted by molar-refractivity contribution is 5.89. The molecule has 0 radical (unpaired) electrons. The van der Waals surface area contributed by atoms with E-state index in [1.807, 2.05) is 0 Å². The normalized spacial score (nSPS) is 29.6. The Kier molecular flexibility index (Phi) is 5.60. The Bertz CT molecular complexity index is 709. The number of hydrogen-bond donors (Lipinski definition) is 3. The van der Waals surface area contributed by atoms with Crippen molar-refractivity contribution < 1.29 is 19.4 Å².